The zero-order valence-electron chi connectivity index (χ0n) is 13.7. The van der Waals surface area contributed by atoms with Crippen molar-refractivity contribution in [3.8, 4) is 10.8 Å². The molecule has 4 rings (SSSR count). The third-order valence-electron chi connectivity index (χ3n) is 4.76. The summed E-state index contributed by atoms with van der Waals surface area (Å²) in [6.45, 7) is 8.05. The van der Waals surface area contributed by atoms with Gasteiger partial charge in [-0.05, 0) is 29.8 Å². The molecule has 0 radical (unpaired) electrons. The molecule has 3 aromatic rings. The predicted octanol–water partition coefficient (Wildman–Crippen LogP) is 0.904. The number of thiophene rings is 2. The second-order valence-electron chi connectivity index (χ2n) is 6.31. The normalized spacial score (nSPS) is 22.5. The number of hydrogen-bond acceptors (Lipinski definition) is 5. The van der Waals surface area contributed by atoms with Crippen LogP contribution in [-0.4, -0.2) is 36.4 Å². The van der Waals surface area contributed by atoms with Gasteiger partial charge < -0.3 is 14.2 Å². The predicted molar refractivity (Wildman–Crippen MR) is 95.4 cm³/mol. The molecular weight excluding hydrogens is 340 g/mol. The van der Waals surface area contributed by atoms with Crippen LogP contribution in [0.1, 0.15) is 23.7 Å². The minimum absolute atomic E-state index is 0.259. The molecule has 1 aliphatic rings. The summed E-state index contributed by atoms with van der Waals surface area (Å²) in [5, 5.41) is 12.7. The van der Waals surface area contributed by atoms with Gasteiger partial charge in [-0.15, -0.1) is 32.9 Å². The second kappa shape index (κ2) is 7.14. The van der Waals surface area contributed by atoms with Crippen LogP contribution in [0, 0.1) is 0 Å². The molecule has 1 aliphatic heterocycles. The minimum atomic E-state index is 0.259. The molecule has 4 heterocycles. The van der Waals surface area contributed by atoms with Crippen molar-refractivity contribution in [2.75, 3.05) is 26.2 Å². The van der Waals surface area contributed by atoms with Crippen molar-refractivity contribution in [3.05, 3.63) is 45.8 Å². The molecule has 0 bridgehead atoms. The molecule has 3 aromatic heterocycles. The lowest BCUT2D eigenvalue weighted by atomic mass is 10.2. The molecule has 0 amide bonds. The fraction of sp³-hybridized carbons (Fsp3) is 0.412. The van der Waals surface area contributed by atoms with E-state index in [0.717, 1.165) is 30.4 Å². The Labute approximate surface area is 149 Å². The van der Waals surface area contributed by atoms with Gasteiger partial charge in [0.2, 0.25) is 0 Å². The van der Waals surface area contributed by atoms with Gasteiger partial charge in [0.15, 0.2) is 6.04 Å². The Morgan fingerprint density at radius 2 is 1.88 bits per heavy atom. The molecule has 7 heteroatoms. The fourth-order valence-electron chi connectivity index (χ4n) is 3.28. The Balaban J connectivity index is 1.35. The Morgan fingerprint density at radius 3 is 2.58 bits per heavy atom. The van der Waals surface area contributed by atoms with Gasteiger partial charge in [-0.3, -0.25) is 0 Å². The zero-order valence-corrected chi connectivity index (χ0v) is 15.3. The molecular formula is C17H22N4OS2+2. The average Bonchev–Trinajstić information content (AvgIpc) is 3.36. The Kier molecular flexibility index (Phi) is 4.75. The van der Waals surface area contributed by atoms with E-state index in [4.69, 9.17) is 4.42 Å². The van der Waals surface area contributed by atoms with Crippen molar-refractivity contribution in [2.45, 2.75) is 19.5 Å². The molecule has 0 saturated carbocycles. The summed E-state index contributed by atoms with van der Waals surface area (Å²) in [5.41, 5.74) is 0. The first-order valence-corrected chi connectivity index (χ1v) is 10.1. The minimum Gasteiger partial charge on any atom is -0.414 e. The lowest BCUT2D eigenvalue weighted by Crippen LogP contribution is -3.27. The largest absolute Gasteiger partial charge is 0.414 e. The summed E-state index contributed by atoms with van der Waals surface area (Å²) in [6, 6.07) is 8.67. The van der Waals surface area contributed by atoms with Crippen molar-refractivity contribution in [1.82, 2.24) is 10.2 Å². The maximum absolute atomic E-state index is 5.92. The van der Waals surface area contributed by atoms with Crippen LogP contribution in [0.25, 0.3) is 10.8 Å². The number of aromatic nitrogens is 2. The molecule has 0 spiro atoms. The van der Waals surface area contributed by atoms with Crippen molar-refractivity contribution < 1.29 is 14.2 Å². The van der Waals surface area contributed by atoms with Crippen molar-refractivity contribution in [3.63, 3.8) is 0 Å². The average molecular weight is 363 g/mol. The summed E-state index contributed by atoms with van der Waals surface area (Å²) in [4.78, 5) is 5.75. The lowest BCUT2D eigenvalue weighted by molar-refractivity contribution is -1.03. The Hall–Kier alpha value is -1.54. The quantitative estimate of drug-likeness (QED) is 0.709. The van der Waals surface area contributed by atoms with Crippen LogP contribution in [-0.2, 0) is 6.54 Å². The molecule has 126 valence electrons. The highest BCUT2D eigenvalue weighted by atomic mass is 32.1. The van der Waals surface area contributed by atoms with Gasteiger partial charge in [-0.1, -0.05) is 12.1 Å². The molecule has 1 atom stereocenters. The maximum Gasteiger partial charge on any atom is 0.274 e. The van der Waals surface area contributed by atoms with E-state index in [2.05, 4.69) is 34.6 Å². The first-order chi connectivity index (χ1) is 11.8. The molecule has 0 aromatic carbocycles. The Bertz CT molecular complexity index is 746. The summed E-state index contributed by atoms with van der Waals surface area (Å²) < 4.78 is 5.92. The third kappa shape index (κ3) is 3.44. The van der Waals surface area contributed by atoms with E-state index in [1.165, 1.54) is 18.0 Å². The van der Waals surface area contributed by atoms with Gasteiger partial charge >= 0.3 is 0 Å². The number of nitrogens with one attached hydrogen (secondary N) is 2. The van der Waals surface area contributed by atoms with Gasteiger partial charge in [-0.2, -0.15) is 0 Å². The monoisotopic (exact) mass is 362 g/mol. The van der Waals surface area contributed by atoms with Crippen molar-refractivity contribution >= 4 is 22.7 Å². The number of rotatable bonds is 5. The van der Waals surface area contributed by atoms with Gasteiger partial charge in [0.05, 0.1) is 9.75 Å². The van der Waals surface area contributed by atoms with Crippen LogP contribution in [0.15, 0.2) is 39.4 Å². The van der Waals surface area contributed by atoms with Gasteiger partial charge in [0.25, 0.3) is 11.8 Å². The maximum atomic E-state index is 5.92. The summed E-state index contributed by atoms with van der Waals surface area (Å²) in [5.74, 6) is 1.41. The van der Waals surface area contributed by atoms with Gasteiger partial charge in [0, 0.05) is 0 Å². The van der Waals surface area contributed by atoms with E-state index in [-0.39, 0.29) is 6.04 Å². The number of nitrogens with zero attached hydrogens (tertiary/aromatic N) is 2. The van der Waals surface area contributed by atoms with Crippen LogP contribution in [0.5, 0.6) is 0 Å². The van der Waals surface area contributed by atoms with Crippen LogP contribution in [0.3, 0.4) is 0 Å². The van der Waals surface area contributed by atoms with E-state index >= 15 is 0 Å². The fourth-order valence-corrected chi connectivity index (χ4v) is 4.70. The first kappa shape index (κ1) is 16.0. The first-order valence-electron chi connectivity index (χ1n) is 8.37. The number of piperazine rings is 1. The molecule has 1 fully saturated rings. The summed E-state index contributed by atoms with van der Waals surface area (Å²) in [7, 11) is 0. The third-order valence-corrected chi connectivity index (χ3v) is 6.49. The molecule has 5 nitrogen and oxygen atoms in total. The highest BCUT2D eigenvalue weighted by molar-refractivity contribution is 7.13. The molecule has 0 unspecified atom stereocenters. The molecule has 24 heavy (non-hydrogen) atoms. The SMILES string of the molecule is C[C@@H](c1nnc(-c2cccs2)o1)[NH+]1CC[NH+](Cc2cccs2)CC1. The van der Waals surface area contributed by atoms with E-state index < -0.39 is 0 Å². The highest BCUT2D eigenvalue weighted by Crippen LogP contribution is 2.24. The van der Waals surface area contributed by atoms with Gasteiger partial charge in [-0.25, -0.2) is 0 Å². The van der Waals surface area contributed by atoms with Crippen LogP contribution in [0.2, 0.25) is 0 Å². The smallest absolute Gasteiger partial charge is 0.274 e. The van der Waals surface area contributed by atoms with E-state index in [9.17, 15) is 0 Å². The second-order valence-corrected chi connectivity index (χ2v) is 8.29. The van der Waals surface area contributed by atoms with E-state index in [1.807, 2.05) is 28.8 Å². The zero-order chi connectivity index (χ0) is 16.4. The van der Waals surface area contributed by atoms with E-state index in [0.29, 0.717) is 5.89 Å². The highest BCUT2D eigenvalue weighted by Gasteiger charge is 2.31. The van der Waals surface area contributed by atoms with Crippen molar-refractivity contribution in [1.29, 1.82) is 0 Å². The molecule has 0 aliphatic carbocycles. The Morgan fingerprint density at radius 1 is 1.08 bits per heavy atom. The molecule has 2 N–H and O–H groups in total. The summed E-state index contributed by atoms with van der Waals surface area (Å²) in [6.07, 6.45) is 0. The van der Waals surface area contributed by atoms with E-state index in [1.54, 1.807) is 21.1 Å². The summed E-state index contributed by atoms with van der Waals surface area (Å²) >= 11 is 3.50. The van der Waals surface area contributed by atoms with Gasteiger partial charge in [0.1, 0.15) is 32.7 Å². The number of quaternary nitrogens is 2. The van der Waals surface area contributed by atoms with Crippen LogP contribution >= 0.6 is 22.7 Å². The topological polar surface area (TPSA) is 47.8 Å². The van der Waals surface area contributed by atoms with Crippen LogP contribution < -0.4 is 9.80 Å². The molecule has 1 saturated heterocycles. The van der Waals surface area contributed by atoms with Crippen molar-refractivity contribution in [2.24, 2.45) is 0 Å². The number of hydrogen-bond donors (Lipinski definition) is 2. The van der Waals surface area contributed by atoms with Crippen LogP contribution in [0.4, 0.5) is 0 Å². The lowest BCUT2D eigenvalue weighted by Gasteiger charge is -2.31. The standard InChI is InChI=1S/C17H20N4OS2/c1-13(16-18-19-17(22-16)15-5-3-11-24-15)21-8-6-20(7-9-21)12-14-4-2-10-23-14/h2-5,10-11,13H,6-9,12H2,1H3/p+2/t13-/m0/s1.